The van der Waals surface area contributed by atoms with Crippen molar-refractivity contribution in [2.24, 2.45) is 5.92 Å². The van der Waals surface area contributed by atoms with E-state index in [0.717, 1.165) is 36.2 Å². The number of phenols is 1. The van der Waals surface area contributed by atoms with E-state index in [-0.39, 0.29) is 36.0 Å². The minimum atomic E-state index is -0.250. The van der Waals surface area contributed by atoms with Gasteiger partial charge in [0.2, 0.25) is 11.8 Å². The highest BCUT2D eigenvalue weighted by Crippen LogP contribution is 2.27. The quantitative estimate of drug-likeness (QED) is 0.558. The first-order valence-electron chi connectivity index (χ1n) is 11.9. The molecule has 0 radical (unpaired) electrons. The number of fused-ring (bicyclic) bond motifs is 1. The zero-order chi connectivity index (χ0) is 25.4. The van der Waals surface area contributed by atoms with Crippen molar-refractivity contribution in [2.75, 3.05) is 20.1 Å². The summed E-state index contributed by atoms with van der Waals surface area (Å²) in [6, 6.07) is 9.08. The van der Waals surface area contributed by atoms with Gasteiger partial charge in [0.1, 0.15) is 5.75 Å². The van der Waals surface area contributed by atoms with Gasteiger partial charge < -0.3 is 25.3 Å². The van der Waals surface area contributed by atoms with Crippen LogP contribution in [0.3, 0.4) is 0 Å². The van der Waals surface area contributed by atoms with Gasteiger partial charge in [-0.15, -0.1) is 0 Å². The maximum Gasteiger partial charge on any atom is 0.290 e. The summed E-state index contributed by atoms with van der Waals surface area (Å²) in [6.45, 7) is 4.49. The average molecular weight is 483 g/mol. The van der Waals surface area contributed by atoms with E-state index in [9.17, 15) is 14.7 Å². The van der Waals surface area contributed by atoms with Gasteiger partial charge >= 0.3 is 0 Å². The van der Waals surface area contributed by atoms with Crippen LogP contribution in [0.15, 0.2) is 36.5 Å². The first-order valence-corrected chi connectivity index (χ1v) is 11.9. The van der Waals surface area contributed by atoms with Crippen molar-refractivity contribution in [3.8, 4) is 5.75 Å². The first kappa shape index (κ1) is 26.2. The van der Waals surface area contributed by atoms with Gasteiger partial charge in [0.25, 0.3) is 6.47 Å². The lowest BCUT2D eigenvalue weighted by atomic mass is 10.00. The second kappa shape index (κ2) is 12.3. The summed E-state index contributed by atoms with van der Waals surface area (Å²) in [6.07, 6.45) is 4.51. The number of benzene rings is 1. The fourth-order valence-electron chi connectivity index (χ4n) is 4.77. The molecule has 1 fully saturated rings. The molecule has 2 atom stereocenters. The number of phenolic OH excluding ortho intramolecular Hbond substituents is 1. The molecule has 2 aliphatic heterocycles. The SMILES string of the molecule is Cc1cc2c(cn1)CN(C(=O)[C@@H]1CC[C@H](NC(=O)CCc3ccc(O)cc3)CN(C)C1)C2.O=CO. The summed E-state index contributed by atoms with van der Waals surface area (Å²) < 4.78 is 0. The van der Waals surface area contributed by atoms with E-state index in [0.29, 0.717) is 32.5 Å². The number of nitrogens with zero attached hydrogens (tertiary/aromatic N) is 3. The molecule has 1 saturated heterocycles. The number of carboxylic acid groups (broad SMARTS) is 1. The lowest BCUT2D eigenvalue weighted by molar-refractivity contribution is -0.136. The Morgan fingerprint density at radius 2 is 1.83 bits per heavy atom. The standard InChI is InChI=1S/C25H32N4O3.CH2O2/c1-17-11-20-14-29(15-21(20)12-26-17)25(32)19-6-7-22(16-28(2)13-19)27-24(31)10-5-18-3-8-23(30)9-4-18;2-1-3/h3-4,8-9,11-12,19,22,30H,5-7,10,13-16H2,1-2H3,(H,27,31);1H,(H,2,3)/t19-,22+;/m1./s1. The molecule has 0 saturated carbocycles. The second-order valence-electron chi connectivity index (χ2n) is 9.32. The maximum absolute atomic E-state index is 13.2. The van der Waals surface area contributed by atoms with Crippen LogP contribution in [0.5, 0.6) is 5.75 Å². The number of amides is 2. The van der Waals surface area contributed by atoms with Crippen LogP contribution in [0.2, 0.25) is 0 Å². The number of rotatable bonds is 5. The summed E-state index contributed by atoms with van der Waals surface area (Å²) in [5.41, 5.74) is 4.35. The van der Waals surface area contributed by atoms with Crippen LogP contribution < -0.4 is 5.32 Å². The Hall–Kier alpha value is -3.46. The molecule has 2 aliphatic rings. The van der Waals surface area contributed by atoms with Crippen molar-refractivity contribution in [3.05, 3.63) is 58.9 Å². The fourth-order valence-corrected chi connectivity index (χ4v) is 4.77. The topological polar surface area (TPSA) is 123 Å². The number of hydrogen-bond donors (Lipinski definition) is 3. The molecule has 0 spiro atoms. The summed E-state index contributed by atoms with van der Waals surface area (Å²) in [4.78, 5) is 42.6. The van der Waals surface area contributed by atoms with E-state index in [4.69, 9.17) is 9.90 Å². The summed E-state index contributed by atoms with van der Waals surface area (Å²) in [7, 11) is 2.02. The third-order valence-corrected chi connectivity index (χ3v) is 6.47. The van der Waals surface area contributed by atoms with Crippen molar-refractivity contribution in [2.45, 2.75) is 51.7 Å². The average Bonchev–Trinajstić information content (AvgIpc) is 3.15. The molecule has 35 heavy (non-hydrogen) atoms. The normalized spacial score (nSPS) is 19.7. The number of likely N-dealkylation sites (tertiary alicyclic amines) is 1. The number of aryl methyl sites for hydroxylation is 2. The van der Waals surface area contributed by atoms with E-state index in [1.807, 2.05) is 37.2 Å². The van der Waals surface area contributed by atoms with Crippen molar-refractivity contribution >= 4 is 18.3 Å². The Balaban J connectivity index is 0.00000108. The van der Waals surface area contributed by atoms with E-state index >= 15 is 0 Å². The number of likely N-dealkylation sites (N-methyl/N-ethyl adjacent to an activating group) is 1. The van der Waals surface area contributed by atoms with Gasteiger partial charge in [-0.1, -0.05) is 12.1 Å². The summed E-state index contributed by atoms with van der Waals surface area (Å²) in [5, 5.41) is 19.4. The number of nitrogens with one attached hydrogen (secondary N) is 1. The van der Waals surface area contributed by atoms with Crippen LogP contribution in [0.4, 0.5) is 0 Å². The Kier molecular flexibility index (Phi) is 9.19. The van der Waals surface area contributed by atoms with Gasteiger partial charge in [-0.2, -0.15) is 0 Å². The lowest BCUT2D eigenvalue weighted by Gasteiger charge is -2.24. The number of aromatic nitrogens is 1. The van der Waals surface area contributed by atoms with Gasteiger partial charge in [0.15, 0.2) is 0 Å². The molecule has 1 aromatic heterocycles. The van der Waals surface area contributed by atoms with E-state index in [1.165, 1.54) is 5.56 Å². The Morgan fingerprint density at radius 1 is 1.14 bits per heavy atom. The van der Waals surface area contributed by atoms with Crippen molar-refractivity contribution in [3.63, 3.8) is 0 Å². The number of aromatic hydroxyl groups is 1. The van der Waals surface area contributed by atoms with E-state index < -0.39 is 0 Å². The van der Waals surface area contributed by atoms with E-state index in [1.54, 1.807) is 12.1 Å². The number of pyridine rings is 1. The van der Waals surface area contributed by atoms with Crippen LogP contribution in [-0.4, -0.2) is 69.5 Å². The zero-order valence-corrected chi connectivity index (χ0v) is 20.3. The number of carbonyl (C=O) groups excluding carboxylic acids is 2. The Bertz CT molecular complexity index is 1030. The molecule has 188 valence electrons. The van der Waals surface area contributed by atoms with Gasteiger partial charge in [-0.25, -0.2) is 0 Å². The maximum atomic E-state index is 13.2. The molecule has 3 heterocycles. The third kappa shape index (κ3) is 7.51. The molecular formula is C26H34N4O5. The molecule has 0 unspecified atom stereocenters. The van der Waals surface area contributed by atoms with Crippen molar-refractivity contribution in [1.82, 2.24) is 20.1 Å². The van der Waals surface area contributed by atoms with Gasteiger partial charge in [-0.3, -0.25) is 19.4 Å². The van der Waals surface area contributed by atoms with E-state index in [2.05, 4.69) is 21.3 Å². The van der Waals surface area contributed by atoms with Crippen LogP contribution in [-0.2, 0) is 33.9 Å². The Morgan fingerprint density at radius 3 is 2.54 bits per heavy atom. The molecule has 0 bridgehead atoms. The lowest BCUT2D eigenvalue weighted by Crippen LogP contribution is -2.42. The molecule has 3 N–H and O–H groups in total. The highest BCUT2D eigenvalue weighted by atomic mass is 16.3. The molecular weight excluding hydrogens is 448 g/mol. The molecule has 2 amide bonds. The van der Waals surface area contributed by atoms with Crippen LogP contribution in [0.25, 0.3) is 0 Å². The number of hydrogen-bond acceptors (Lipinski definition) is 6. The van der Waals surface area contributed by atoms with Gasteiger partial charge in [0.05, 0.1) is 5.92 Å². The second-order valence-corrected chi connectivity index (χ2v) is 9.32. The molecule has 0 aliphatic carbocycles. The largest absolute Gasteiger partial charge is 0.508 e. The summed E-state index contributed by atoms with van der Waals surface area (Å²) >= 11 is 0. The predicted molar refractivity (Wildman–Crippen MR) is 131 cm³/mol. The van der Waals surface area contributed by atoms with Crippen molar-refractivity contribution < 1.29 is 24.6 Å². The molecule has 2 aromatic rings. The molecule has 4 rings (SSSR count). The van der Waals surface area contributed by atoms with Crippen LogP contribution >= 0.6 is 0 Å². The fraction of sp³-hybridized carbons (Fsp3) is 0.462. The highest BCUT2D eigenvalue weighted by molar-refractivity contribution is 5.80. The molecule has 1 aromatic carbocycles. The zero-order valence-electron chi connectivity index (χ0n) is 20.3. The van der Waals surface area contributed by atoms with Gasteiger partial charge in [-0.05, 0) is 68.1 Å². The van der Waals surface area contributed by atoms with Crippen LogP contribution in [0, 0.1) is 12.8 Å². The van der Waals surface area contributed by atoms with Crippen LogP contribution in [0.1, 0.15) is 41.6 Å². The smallest absolute Gasteiger partial charge is 0.290 e. The highest BCUT2D eigenvalue weighted by Gasteiger charge is 2.33. The third-order valence-electron chi connectivity index (χ3n) is 6.47. The predicted octanol–water partition coefficient (Wildman–Crippen LogP) is 2.10. The van der Waals surface area contributed by atoms with Gasteiger partial charge in [0, 0.05) is 50.5 Å². The molecule has 9 nitrogen and oxygen atoms in total. The molecule has 9 heteroatoms. The minimum Gasteiger partial charge on any atom is -0.508 e. The monoisotopic (exact) mass is 482 g/mol. The first-order chi connectivity index (χ1) is 16.8. The Labute approximate surface area is 205 Å². The summed E-state index contributed by atoms with van der Waals surface area (Å²) in [5.74, 6) is 0.403. The van der Waals surface area contributed by atoms with Crippen molar-refractivity contribution in [1.29, 1.82) is 0 Å². The number of carbonyl (C=O) groups is 3. The minimum absolute atomic E-state index is 0.0270.